The number of nitrogens with one attached hydrogen (secondary N) is 2. The molecule has 1 radical (unpaired) electrons. The molecule has 20 heteroatoms. The van der Waals surface area contributed by atoms with Crippen LogP contribution in [0.25, 0.3) is 22.2 Å². The summed E-state index contributed by atoms with van der Waals surface area (Å²) < 4.78 is 33.1. The van der Waals surface area contributed by atoms with Crippen molar-refractivity contribution in [1.82, 2.24) is 0 Å². The Hall–Kier alpha value is -6.20. The summed E-state index contributed by atoms with van der Waals surface area (Å²) in [5.74, 6) is -1.37. The van der Waals surface area contributed by atoms with Gasteiger partial charge in [0.15, 0.2) is 0 Å². The van der Waals surface area contributed by atoms with Gasteiger partial charge in [0.25, 0.3) is 11.4 Å². The third-order valence-electron chi connectivity index (χ3n) is 6.08. The first kappa shape index (κ1) is 36.3. The van der Waals surface area contributed by atoms with Gasteiger partial charge in [0.1, 0.15) is 21.6 Å². The molecule has 0 bridgehead atoms. The summed E-state index contributed by atoms with van der Waals surface area (Å²) >= 11 is 0. The van der Waals surface area contributed by atoms with Gasteiger partial charge in [-0.1, -0.05) is 54.0 Å². The second kappa shape index (κ2) is 14.9. The molecule has 0 atom stereocenters. The van der Waals surface area contributed by atoms with E-state index < -0.39 is 42.0 Å². The van der Waals surface area contributed by atoms with Crippen LogP contribution in [0.4, 0.5) is 45.5 Å². The third kappa shape index (κ3) is 8.53. The number of hydrogen-bond donors (Lipinski definition) is 1. The van der Waals surface area contributed by atoms with E-state index in [4.69, 9.17) is 11.5 Å². The Bertz CT molecular complexity index is 2230. The van der Waals surface area contributed by atoms with Crippen LogP contribution in [0.1, 0.15) is 2.85 Å². The maximum absolute atomic E-state index is 12.0. The van der Waals surface area contributed by atoms with Crippen molar-refractivity contribution in [2.45, 2.75) is 4.90 Å². The van der Waals surface area contributed by atoms with Crippen LogP contribution in [0.2, 0.25) is 0 Å². The Kier molecular flexibility index (Phi) is 11.3. The molecule has 0 saturated carbocycles. The molecule has 0 aliphatic heterocycles. The monoisotopic (exact) mass is 711 g/mol. The van der Waals surface area contributed by atoms with E-state index in [2.05, 4.69) is 20.5 Å². The van der Waals surface area contributed by atoms with Crippen LogP contribution in [0.15, 0.2) is 110 Å². The van der Waals surface area contributed by atoms with Gasteiger partial charge in [0, 0.05) is 34.5 Å². The maximum Gasteiger partial charge on any atom is 3.00 e. The van der Waals surface area contributed by atoms with Crippen molar-refractivity contribution in [2.75, 3.05) is 0 Å². The predicted octanol–water partition coefficient (Wildman–Crippen LogP) is 7.52. The first-order valence-corrected chi connectivity index (χ1v) is 14.1. The van der Waals surface area contributed by atoms with Gasteiger partial charge in [-0.3, -0.25) is 20.2 Å². The van der Waals surface area contributed by atoms with E-state index in [1.165, 1.54) is 12.1 Å². The topological polar surface area (TPSA) is 307 Å². The fourth-order valence-corrected chi connectivity index (χ4v) is 4.40. The van der Waals surface area contributed by atoms with Crippen molar-refractivity contribution in [1.29, 1.82) is 0 Å². The van der Waals surface area contributed by atoms with Crippen molar-refractivity contribution < 1.29 is 58.4 Å². The molecule has 0 unspecified atom stereocenters. The number of fused-ring (bicyclic) bond motifs is 1. The zero-order valence-corrected chi connectivity index (χ0v) is 25.8. The van der Waals surface area contributed by atoms with Gasteiger partial charge in [-0.2, -0.15) is 15.3 Å². The van der Waals surface area contributed by atoms with Gasteiger partial charge < -0.3 is 31.3 Å². The standard InChI is InChI=1S/C16H11N3O4.C12H9N5O6S.Cr/c20-14-8-5-10-3-1-2-4-12(10)16(14)18-17-13-7-6-11(19(22)23)9-15(13)21;13-7-4-8(14)12(24(21,22)23)5-9(7)15-16-10-3-6(17(19)20)1-2-11(10)18;/h1-9,20-21H;1-5H,(H4-2,13,14,15,16,18,21,22,23);/q;-2;+3/p-1. The molecule has 5 aromatic carbocycles. The van der Waals surface area contributed by atoms with Crippen LogP contribution in [0, 0.1) is 20.2 Å². The van der Waals surface area contributed by atoms with Crippen LogP contribution in [-0.4, -0.2) is 27.9 Å². The molecule has 0 aromatic heterocycles. The number of nitro benzene ring substituents is 2. The van der Waals surface area contributed by atoms with Crippen LogP contribution in [0.3, 0.4) is 0 Å². The zero-order valence-electron chi connectivity index (χ0n) is 25.7. The second-order valence-corrected chi connectivity index (χ2v) is 10.5. The molecular weight excluding hydrogens is 692 g/mol. The van der Waals surface area contributed by atoms with Crippen LogP contribution in [0.5, 0.6) is 17.2 Å². The van der Waals surface area contributed by atoms with Crippen LogP contribution in [-0.2, 0) is 27.5 Å². The number of phenols is 1. The average molecular weight is 712 g/mol. The predicted molar refractivity (Wildman–Crippen MR) is 164 cm³/mol. The summed E-state index contributed by atoms with van der Waals surface area (Å²) in [6, 6.07) is 18.0. The van der Waals surface area contributed by atoms with Crippen molar-refractivity contribution in [3.8, 4) is 17.2 Å². The Morgan fingerprint density at radius 3 is 1.94 bits per heavy atom. The van der Waals surface area contributed by atoms with E-state index >= 15 is 0 Å². The first-order valence-electron chi connectivity index (χ1n) is 12.7. The minimum Gasteiger partial charge on any atom is -0.871 e. The summed E-state index contributed by atoms with van der Waals surface area (Å²) in [6.07, 6.45) is 0. The number of hydrogen-bond acceptors (Lipinski definition) is 14. The van der Waals surface area contributed by atoms with E-state index in [1.54, 1.807) is 18.2 Å². The number of aromatic hydroxyl groups is 1. The molecule has 0 aliphatic carbocycles. The molecule has 0 amide bonds. The van der Waals surface area contributed by atoms with Gasteiger partial charge in [-0.25, -0.2) is 8.42 Å². The number of phenolic OH excluding ortho intramolecular Hbond substituents is 1. The molecule has 0 heterocycles. The summed E-state index contributed by atoms with van der Waals surface area (Å²) in [6.45, 7) is 0. The number of rotatable bonds is 7. The Labute approximate surface area is 283 Å². The molecule has 18 nitrogen and oxygen atoms in total. The molecule has 0 aliphatic rings. The SMILES string of the molecule is O=[N+]([O-])c1ccc(N=Nc2c([O-])ccc3ccccc23)c([O-])c1.[Cr+3].[H+].[H+].[NH-]c1cc([NH-])c(S(=O)(=O)[O-])cc1N=Nc1cc([N+](=O)[O-])ccc1O. The quantitative estimate of drug-likeness (QED) is 0.0748. The summed E-state index contributed by atoms with van der Waals surface area (Å²) in [5.41, 5.74) is 12.7. The van der Waals surface area contributed by atoms with E-state index in [0.29, 0.717) is 11.5 Å². The van der Waals surface area contributed by atoms with E-state index in [9.17, 15) is 48.5 Å². The largest absolute Gasteiger partial charge is 3.00 e. The smallest absolute Gasteiger partial charge is 0.871 e. The van der Waals surface area contributed by atoms with E-state index in [1.807, 2.05) is 12.1 Å². The molecule has 5 rings (SSSR count). The number of azo groups is 2. The Morgan fingerprint density at radius 2 is 1.29 bits per heavy atom. The molecule has 3 N–H and O–H groups in total. The van der Waals surface area contributed by atoms with Gasteiger partial charge >= 0.3 is 20.2 Å². The molecule has 243 valence electrons. The second-order valence-electron chi connectivity index (χ2n) is 9.19. The molecule has 0 saturated heterocycles. The van der Waals surface area contributed by atoms with Crippen molar-refractivity contribution in [2.24, 2.45) is 20.5 Å². The zero-order chi connectivity index (χ0) is 34.5. The average Bonchev–Trinajstić information content (AvgIpc) is 3.01. The van der Waals surface area contributed by atoms with Gasteiger partial charge in [0.05, 0.1) is 26.9 Å². The van der Waals surface area contributed by atoms with Gasteiger partial charge in [-0.05, 0) is 23.6 Å². The third-order valence-corrected chi connectivity index (χ3v) is 6.95. The van der Waals surface area contributed by atoms with E-state index in [0.717, 1.165) is 41.8 Å². The van der Waals surface area contributed by atoms with E-state index in [-0.39, 0.29) is 65.8 Å². The van der Waals surface area contributed by atoms with Crippen molar-refractivity contribution in [3.63, 3.8) is 0 Å². The van der Waals surface area contributed by atoms with Crippen molar-refractivity contribution in [3.05, 3.63) is 117 Å². The number of non-ortho nitro benzene ring substituents is 2. The molecule has 48 heavy (non-hydrogen) atoms. The fourth-order valence-electron chi connectivity index (χ4n) is 3.81. The minimum absolute atomic E-state index is 0. The van der Waals surface area contributed by atoms with Crippen LogP contribution < -0.4 is 10.2 Å². The Morgan fingerprint density at radius 1 is 0.688 bits per heavy atom. The van der Waals surface area contributed by atoms with Crippen molar-refractivity contribution >= 4 is 66.4 Å². The molecule has 0 spiro atoms. The number of nitro groups is 2. The van der Waals surface area contributed by atoms with Gasteiger partial charge in [0.2, 0.25) is 0 Å². The Balaban J connectivity index is 0.000000472. The first-order chi connectivity index (χ1) is 22.1. The number of benzene rings is 5. The van der Waals surface area contributed by atoms with Crippen LogP contribution >= 0.6 is 0 Å². The minimum atomic E-state index is -4.94. The summed E-state index contributed by atoms with van der Waals surface area (Å²) in [4.78, 5) is 19.0. The van der Waals surface area contributed by atoms with Gasteiger partial charge in [-0.15, -0.1) is 16.5 Å². The normalized spacial score (nSPS) is 11.2. The fraction of sp³-hybridized carbons (Fsp3) is 0. The molecular formula is C28H19CrN8O10S. The molecule has 0 fully saturated rings. The maximum atomic E-state index is 12.0. The number of nitrogens with zero attached hydrogens (tertiary/aromatic N) is 6. The summed E-state index contributed by atoms with van der Waals surface area (Å²) in [5, 5.41) is 70.8. The summed E-state index contributed by atoms with van der Waals surface area (Å²) in [7, 11) is -4.94. The molecule has 5 aromatic rings.